The van der Waals surface area contributed by atoms with E-state index in [1.807, 2.05) is 0 Å². The largest absolute Gasteiger partial charge is 0.381 e. The molecule has 2 aromatic carbocycles. The van der Waals surface area contributed by atoms with Gasteiger partial charge in [0.05, 0.1) is 6.54 Å². The molecule has 160 valence electrons. The van der Waals surface area contributed by atoms with Crippen molar-refractivity contribution in [2.24, 2.45) is 4.99 Å². The third-order valence-electron chi connectivity index (χ3n) is 6.37. The van der Waals surface area contributed by atoms with Crippen molar-refractivity contribution >= 4 is 11.6 Å². The molecule has 2 saturated heterocycles. The van der Waals surface area contributed by atoms with Gasteiger partial charge in [0, 0.05) is 50.0 Å². The Hall–Kier alpha value is -2.53. The molecule has 4 rings (SSSR count). The van der Waals surface area contributed by atoms with Crippen molar-refractivity contribution in [1.29, 1.82) is 0 Å². The van der Waals surface area contributed by atoms with Crippen LogP contribution in [0.5, 0.6) is 0 Å². The molecule has 2 aliphatic heterocycles. The Morgan fingerprint density at radius 3 is 2.47 bits per heavy atom. The fourth-order valence-electron chi connectivity index (χ4n) is 4.59. The van der Waals surface area contributed by atoms with Crippen molar-refractivity contribution in [3.63, 3.8) is 0 Å². The summed E-state index contributed by atoms with van der Waals surface area (Å²) in [6.45, 7) is 7.47. The van der Waals surface area contributed by atoms with E-state index in [9.17, 15) is 0 Å². The van der Waals surface area contributed by atoms with Gasteiger partial charge in [-0.25, -0.2) is 0 Å². The van der Waals surface area contributed by atoms with Crippen LogP contribution in [0.2, 0.25) is 0 Å². The van der Waals surface area contributed by atoms with Gasteiger partial charge >= 0.3 is 0 Å². The van der Waals surface area contributed by atoms with Crippen LogP contribution in [-0.4, -0.2) is 51.4 Å². The molecule has 0 amide bonds. The summed E-state index contributed by atoms with van der Waals surface area (Å²) in [4.78, 5) is 7.52. The van der Waals surface area contributed by atoms with Crippen molar-refractivity contribution in [3.8, 4) is 0 Å². The average Bonchev–Trinajstić information content (AvgIpc) is 3.28. The van der Waals surface area contributed by atoms with E-state index in [0.29, 0.717) is 6.04 Å². The highest BCUT2D eigenvalue weighted by Gasteiger charge is 2.34. The van der Waals surface area contributed by atoms with Crippen LogP contribution in [0.15, 0.2) is 65.7 Å². The third kappa shape index (κ3) is 4.96. The molecule has 1 unspecified atom stereocenters. The Balaban J connectivity index is 1.44. The number of anilines is 1. The number of ether oxygens (including phenoxy) is 1. The first-order valence-electron chi connectivity index (χ1n) is 11.3. The average molecular weight is 407 g/mol. The zero-order chi connectivity index (χ0) is 20.7. The molecular formula is C25H34N4O. The second kappa shape index (κ2) is 9.98. The van der Waals surface area contributed by atoms with E-state index >= 15 is 0 Å². The fraction of sp³-hybridized carbons (Fsp3) is 0.480. The Bertz CT molecular complexity index is 802. The summed E-state index contributed by atoms with van der Waals surface area (Å²) >= 11 is 0. The van der Waals surface area contributed by atoms with Crippen LogP contribution in [0, 0.1) is 0 Å². The number of benzene rings is 2. The Kier molecular flexibility index (Phi) is 6.90. The normalized spacial score (nSPS) is 21.4. The van der Waals surface area contributed by atoms with Crippen LogP contribution in [0.4, 0.5) is 5.69 Å². The summed E-state index contributed by atoms with van der Waals surface area (Å²) in [6, 6.07) is 21.9. The van der Waals surface area contributed by atoms with Crippen LogP contribution < -0.4 is 15.5 Å². The number of hydrogen-bond acceptors (Lipinski definition) is 3. The van der Waals surface area contributed by atoms with Gasteiger partial charge in [0.25, 0.3) is 0 Å². The van der Waals surface area contributed by atoms with Crippen LogP contribution in [-0.2, 0) is 10.2 Å². The molecule has 2 N–H and O–H groups in total. The smallest absolute Gasteiger partial charge is 0.191 e. The highest BCUT2D eigenvalue weighted by atomic mass is 16.5. The SMILES string of the molecule is CCNC(=NCC1(c2ccccc2)CCOCC1)NC1CCN(c2ccccc2)C1. The van der Waals surface area contributed by atoms with E-state index in [1.54, 1.807) is 0 Å². The van der Waals surface area contributed by atoms with Gasteiger partial charge < -0.3 is 20.3 Å². The van der Waals surface area contributed by atoms with E-state index in [2.05, 4.69) is 83.1 Å². The molecule has 0 radical (unpaired) electrons. The van der Waals surface area contributed by atoms with Crippen molar-refractivity contribution in [3.05, 3.63) is 66.2 Å². The predicted octanol–water partition coefficient (Wildman–Crippen LogP) is 3.57. The summed E-state index contributed by atoms with van der Waals surface area (Å²) in [7, 11) is 0. The lowest BCUT2D eigenvalue weighted by molar-refractivity contribution is 0.0531. The molecular weight excluding hydrogens is 372 g/mol. The van der Waals surface area contributed by atoms with Gasteiger partial charge in [0.1, 0.15) is 0 Å². The Morgan fingerprint density at radius 2 is 1.77 bits per heavy atom. The maximum Gasteiger partial charge on any atom is 0.191 e. The second-order valence-corrected chi connectivity index (χ2v) is 8.37. The lowest BCUT2D eigenvalue weighted by atomic mass is 9.74. The number of nitrogens with one attached hydrogen (secondary N) is 2. The first kappa shape index (κ1) is 20.7. The van der Waals surface area contributed by atoms with Crippen LogP contribution in [0.25, 0.3) is 0 Å². The van der Waals surface area contributed by atoms with Gasteiger partial charge in [0.15, 0.2) is 5.96 Å². The first-order valence-corrected chi connectivity index (χ1v) is 11.3. The monoisotopic (exact) mass is 406 g/mol. The fourth-order valence-corrected chi connectivity index (χ4v) is 4.59. The topological polar surface area (TPSA) is 48.9 Å². The first-order chi connectivity index (χ1) is 14.8. The van der Waals surface area contributed by atoms with E-state index in [-0.39, 0.29) is 5.41 Å². The van der Waals surface area contributed by atoms with Crippen molar-refractivity contribution in [2.75, 3.05) is 44.3 Å². The Morgan fingerprint density at radius 1 is 1.07 bits per heavy atom. The maximum absolute atomic E-state index is 5.68. The van der Waals surface area contributed by atoms with Crippen LogP contribution in [0.3, 0.4) is 0 Å². The molecule has 2 aliphatic rings. The standard InChI is InChI=1S/C25H34N4O/c1-2-26-24(28-22-13-16-29(19-22)23-11-7-4-8-12-23)27-20-25(14-17-30-18-15-25)21-9-5-3-6-10-21/h3-12,22H,2,13-20H2,1H3,(H2,26,27,28). The number of nitrogens with zero attached hydrogens (tertiary/aromatic N) is 2. The number of guanidine groups is 1. The molecule has 2 heterocycles. The molecule has 0 saturated carbocycles. The molecule has 2 aromatic rings. The van der Waals surface area contributed by atoms with E-state index < -0.39 is 0 Å². The molecule has 5 nitrogen and oxygen atoms in total. The van der Waals surface area contributed by atoms with Gasteiger partial charge in [-0.1, -0.05) is 48.5 Å². The number of rotatable bonds is 6. The lowest BCUT2D eigenvalue weighted by Gasteiger charge is -2.36. The molecule has 0 aromatic heterocycles. The number of aliphatic imine (C=N–C) groups is 1. The van der Waals surface area contributed by atoms with E-state index in [1.165, 1.54) is 11.3 Å². The van der Waals surface area contributed by atoms with Crippen LogP contribution in [0.1, 0.15) is 31.7 Å². The molecule has 30 heavy (non-hydrogen) atoms. The Labute approximate surface area is 180 Å². The minimum absolute atomic E-state index is 0.0631. The van der Waals surface area contributed by atoms with Gasteiger partial charge in [-0.3, -0.25) is 4.99 Å². The summed E-state index contributed by atoms with van der Waals surface area (Å²) in [5, 5.41) is 7.15. The van der Waals surface area contributed by atoms with Gasteiger partial charge in [-0.15, -0.1) is 0 Å². The highest BCUT2D eigenvalue weighted by Crippen LogP contribution is 2.35. The maximum atomic E-state index is 5.68. The zero-order valence-corrected chi connectivity index (χ0v) is 18.0. The summed E-state index contributed by atoms with van der Waals surface area (Å²) in [5.41, 5.74) is 2.74. The van der Waals surface area contributed by atoms with Crippen molar-refractivity contribution in [2.45, 2.75) is 37.6 Å². The highest BCUT2D eigenvalue weighted by molar-refractivity contribution is 5.80. The van der Waals surface area contributed by atoms with E-state index in [0.717, 1.165) is 64.6 Å². The summed E-state index contributed by atoms with van der Waals surface area (Å²) in [6.07, 6.45) is 3.16. The summed E-state index contributed by atoms with van der Waals surface area (Å²) in [5.74, 6) is 0.930. The zero-order valence-electron chi connectivity index (χ0n) is 18.0. The second-order valence-electron chi connectivity index (χ2n) is 8.37. The molecule has 1 atom stereocenters. The predicted molar refractivity (Wildman–Crippen MR) is 124 cm³/mol. The minimum Gasteiger partial charge on any atom is -0.381 e. The number of para-hydroxylation sites is 1. The van der Waals surface area contributed by atoms with Crippen molar-refractivity contribution < 1.29 is 4.74 Å². The van der Waals surface area contributed by atoms with Crippen molar-refractivity contribution in [1.82, 2.24) is 10.6 Å². The van der Waals surface area contributed by atoms with Gasteiger partial charge in [-0.05, 0) is 43.9 Å². The quantitative estimate of drug-likeness (QED) is 0.569. The molecule has 0 bridgehead atoms. The van der Waals surface area contributed by atoms with E-state index in [4.69, 9.17) is 9.73 Å². The third-order valence-corrected chi connectivity index (χ3v) is 6.37. The molecule has 2 fully saturated rings. The molecule has 0 spiro atoms. The van der Waals surface area contributed by atoms with Crippen LogP contribution >= 0.6 is 0 Å². The lowest BCUT2D eigenvalue weighted by Crippen LogP contribution is -2.46. The van der Waals surface area contributed by atoms with Gasteiger partial charge in [-0.2, -0.15) is 0 Å². The summed E-state index contributed by atoms with van der Waals surface area (Å²) < 4.78 is 5.68. The molecule has 0 aliphatic carbocycles. The van der Waals surface area contributed by atoms with Gasteiger partial charge in [0.2, 0.25) is 0 Å². The minimum atomic E-state index is 0.0631. The molecule has 5 heteroatoms. The number of hydrogen-bond donors (Lipinski definition) is 2.